The summed E-state index contributed by atoms with van der Waals surface area (Å²) in [5.74, 6) is -0.436. The Morgan fingerprint density at radius 2 is 2.03 bits per heavy atom. The SMILES string of the molecule is COc1ccc(F)cc1C(=O)C1CCCN(Cc2ccc3cc(NC(C)=O)ccc3n2)C1. The van der Waals surface area contributed by atoms with E-state index in [0.717, 1.165) is 41.7 Å². The molecule has 1 amide bonds. The van der Waals surface area contributed by atoms with E-state index in [-0.39, 0.29) is 17.6 Å². The lowest BCUT2D eigenvalue weighted by Crippen LogP contribution is -2.38. The zero-order valence-corrected chi connectivity index (χ0v) is 18.2. The second kappa shape index (κ2) is 9.44. The fourth-order valence-electron chi connectivity index (χ4n) is 4.27. The van der Waals surface area contributed by atoms with Gasteiger partial charge in [-0.15, -0.1) is 0 Å². The molecule has 1 aliphatic heterocycles. The first-order valence-corrected chi connectivity index (χ1v) is 10.7. The van der Waals surface area contributed by atoms with Crippen molar-refractivity contribution in [2.45, 2.75) is 26.3 Å². The lowest BCUT2D eigenvalue weighted by molar-refractivity contribution is -0.114. The van der Waals surface area contributed by atoms with Gasteiger partial charge in [0.15, 0.2) is 5.78 Å². The van der Waals surface area contributed by atoms with E-state index in [1.807, 2.05) is 30.3 Å². The van der Waals surface area contributed by atoms with Gasteiger partial charge in [0.2, 0.25) is 5.91 Å². The van der Waals surface area contributed by atoms with Gasteiger partial charge in [0, 0.05) is 37.0 Å². The number of nitrogens with zero attached hydrogens (tertiary/aromatic N) is 2. The van der Waals surface area contributed by atoms with Gasteiger partial charge in [0.25, 0.3) is 0 Å². The molecule has 32 heavy (non-hydrogen) atoms. The molecule has 166 valence electrons. The Morgan fingerprint density at radius 3 is 2.81 bits per heavy atom. The van der Waals surface area contributed by atoms with Gasteiger partial charge in [-0.1, -0.05) is 6.07 Å². The molecule has 3 aromatic rings. The zero-order valence-electron chi connectivity index (χ0n) is 18.2. The average Bonchev–Trinajstić information content (AvgIpc) is 2.78. The minimum atomic E-state index is -0.441. The highest BCUT2D eigenvalue weighted by Crippen LogP contribution is 2.28. The van der Waals surface area contributed by atoms with Crippen LogP contribution in [0.3, 0.4) is 0 Å². The van der Waals surface area contributed by atoms with Crippen LogP contribution in [0.15, 0.2) is 48.5 Å². The van der Waals surface area contributed by atoms with Crippen molar-refractivity contribution in [1.29, 1.82) is 0 Å². The number of hydrogen-bond donors (Lipinski definition) is 1. The molecule has 0 bridgehead atoms. The van der Waals surface area contributed by atoms with Gasteiger partial charge >= 0.3 is 0 Å². The number of Topliss-reactive ketones (excluding diaryl/α,β-unsaturated/α-hetero) is 1. The largest absolute Gasteiger partial charge is 0.496 e. The van der Waals surface area contributed by atoms with Crippen molar-refractivity contribution in [3.05, 3.63) is 65.6 Å². The molecule has 0 spiro atoms. The number of hydrogen-bond acceptors (Lipinski definition) is 5. The van der Waals surface area contributed by atoms with Crippen LogP contribution in [0, 0.1) is 11.7 Å². The number of anilines is 1. The number of methoxy groups -OCH3 is 1. The molecule has 0 aliphatic carbocycles. The molecule has 1 atom stereocenters. The molecule has 1 saturated heterocycles. The van der Waals surface area contributed by atoms with Crippen molar-refractivity contribution >= 4 is 28.3 Å². The number of aromatic nitrogens is 1. The minimum Gasteiger partial charge on any atom is -0.496 e. The normalized spacial score (nSPS) is 16.7. The van der Waals surface area contributed by atoms with Crippen LogP contribution in [0.4, 0.5) is 10.1 Å². The molecule has 0 saturated carbocycles. The topological polar surface area (TPSA) is 71.5 Å². The highest BCUT2D eigenvalue weighted by molar-refractivity contribution is 6.00. The number of ether oxygens (including phenoxy) is 1. The van der Waals surface area contributed by atoms with Crippen LogP contribution >= 0.6 is 0 Å². The number of nitrogens with one attached hydrogen (secondary N) is 1. The summed E-state index contributed by atoms with van der Waals surface area (Å²) in [6.45, 7) is 3.59. The van der Waals surface area contributed by atoms with Crippen molar-refractivity contribution in [2.24, 2.45) is 5.92 Å². The summed E-state index contributed by atoms with van der Waals surface area (Å²) in [6, 6.07) is 13.7. The monoisotopic (exact) mass is 435 g/mol. The molecular formula is C25H26FN3O3. The van der Waals surface area contributed by atoms with E-state index < -0.39 is 5.82 Å². The molecular weight excluding hydrogens is 409 g/mol. The maximum atomic E-state index is 13.7. The molecule has 1 aromatic heterocycles. The number of piperidine rings is 1. The first-order chi connectivity index (χ1) is 15.4. The molecule has 1 fully saturated rings. The van der Waals surface area contributed by atoms with Gasteiger partial charge in [0.05, 0.1) is 23.9 Å². The number of halogens is 1. The molecule has 2 aromatic carbocycles. The summed E-state index contributed by atoms with van der Waals surface area (Å²) in [5, 5.41) is 3.73. The van der Waals surface area contributed by atoms with Crippen LogP contribution in [0.5, 0.6) is 5.75 Å². The first kappa shape index (κ1) is 21.9. The third-order valence-corrected chi connectivity index (χ3v) is 5.76. The second-order valence-corrected chi connectivity index (χ2v) is 8.17. The molecule has 7 heteroatoms. The number of ketones is 1. The summed E-state index contributed by atoms with van der Waals surface area (Å²) >= 11 is 0. The Labute approximate surface area is 186 Å². The Hall–Kier alpha value is -3.32. The van der Waals surface area contributed by atoms with Gasteiger partial charge in [-0.2, -0.15) is 0 Å². The molecule has 0 radical (unpaired) electrons. The highest BCUT2D eigenvalue weighted by Gasteiger charge is 2.28. The van der Waals surface area contributed by atoms with Crippen molar-refractivity contribution in [1.82, 2.24) is 9.88 Å². The second-order valence-electron chi connectivity index (χ2n) is 8.17. The van der Waals surface area contributed by atoms with Gasteiger partial charge in [-0.3, -0.25) is 19.5 Å². The predicted molar refractivity (Wildman–Crippen MR) is 121 cm³/mol. The number of pyridine rings is 1. The third-order valence-electron chi connectivity index (χ3n) is 5.76. The lowest BCUT2D eigenvalue weighted by Gasteiger charge is -2.32. The van der Waals surface area contributed by atoms with Gasteiger partial charge in [0.1, 0.15) is 11.6 Å². The Morgan fingerprint density at radius 1 is 1.19 bits per heavy atom. The van der Waals surface area contributed by atoms with Crippen LogP contribution in [0.2, 0.25) is 0 Å². The Bertz CT molecular complexity index is 1160. The molecule has 1 unspecified atom stereocenters. The van der Waals surface area contributed by atoms with E-state index in [2.05, 4.69) is 10.2 Å². The first-order valence-electron chi connectivity index (χ1n) is 10.7. The number of rotatable bonds is 6. The highest BCUT2D eigenvalue weighted by atomic mass is 19.1. The summed E-state index contributed by atoms with van der Waals surface area (Å²) in [7, 11) is 1.49. The van der Waals surface area contributed by atoms with Gasteiger partial charge in [-0.05, 0) is 61.9 Å². The molecule has 6 nitrogen and oxygen atoms in total. The van der Waals surface area contributed by atoms with Crippen molar-refractivity contribution in [3.8, 4) is 5.75 Å². The number of amides is 1. The van der Waals surface area contributed by atoms with E-state index in [4.69, 9.17) is 9.72 Å². The molecule has 1 N–H and O–H groups in total. The third kappa shape index (κ3) is 4.94. The molecule has 4 rings (SSSR count). The van der Waals surface area contributed by atoms with E-state index in [1.54, 1.807) is 0 Å². The van der Waals surface area contributed by atoms with Crippen LogP contribution in [-0.2, 0) is 11.3 Å². The Kier molecular flexibility index (Phi) is 6.46. The van der Waals surface area contributed by atoms with Crippen molar-refractivity contribution < 1.29 is 18.7 Å². The minimum absolute atomic E-state index is 0.0805. The number of benzene rings is 2. The maximum Gasteiger partial charge on any atom is 0.221 e. The zero-order chi connectivity index (χ0) is 22.7. The number of fused-ring (bicyclic) bond motifs is 1. The maximum absolute atomic E-state index is 13.7. The quantitative estimate of drug-likeness (QED) is 0.580. The fourth-order valence-corrected chi connectivity index (χ4v) is 4.27. The number of carbonyl (C=O) groups excluding carboxylic acids is 2. The number of likely N-dealkylation sites (tertiary alicyclic amines) is 1. The fraction of sp³-hybridized carbons (Fsp3) is 0.320. The molecule has 1 aliphatic rings. The van der Waals surface area contributed by atoms with Crippen LogP contribution in [-0.4, -0.2) is 41.8 Å². The summed E-state index contributed by atoms with van der Waals surface area (Å²) in [6.07, 6.45) is 1.66. The van der Waals surface area contributed by atoms with Gasteiger partial charge in [-0.25, -0.2) is 4.39 Å². The summed E-state index contributed by atoms with van der Waals surface area (Å²) in [4.78, 5) is 31.3. The van der Waals surface area contributed by atoms with Crippen LogP contribution < -0.4 is 10.1 Å². The van der Waals surface area contributed by atoms with E-state index in [1.165, 1.54) is 32.2 Å². The summed E-state index contributed by atoms with van der Waals surface area (Å²) < 4.78 is 19.0. The van der Waals surface area contributed by atoms with Crippen molar-refractivity contribution in [3.63, 3.8) is 0 Å². The van der Waals surface area contributed by atoms with Gasteiger partial charge < -0.3 is 10.1 Å². The Balaban J connectivity index is 1.47. The smallest absolute Gasteiger partial charge is 0.221 e. The van der Waals surface area contributed by atoms with E-state index >= 15 is 0 Å². The standard InChI is InChI=1S/C25H26FN3O3/c1-16(30)27-20-8-9-23-17(12-20)5-7-21(28-23)15-29-11-3-4-18(14-29)25(31)22-13-19(26)6-10-24(22)32-2/h5-10,12-13,18H,3-4,11,14-15H2,1-2H3,(H,27,30). The number of carbonyl (C=O) groups is 2. The molecule has 2 heterocycles. The van der Waals surface area contributed by atoms with E-state index in [0.29, 0.717) is 24.4 Å². The van der Waals surface area contributed by atoms with Crippen LogP contribution in [0.25, 0.3) is 10.9 Å². The lowest BCUT2D eigenvalue weighted by atomic mass is 9.89. The van der Waals surface area contributed by atoms with Crippen LogP contribution in [0.1, 0.15) is 35.8 Å². The predicted octanol–water partition coefficient (Wildman–Crippen LogP) is 4.44. The summed E-state index contributed by atoms with van der Waals surface area (Å²) in [5.41, 5.74) is 2.81. The average molecular weight is 435 g/mol. The van der Waals surface area contributed by atoms with E-state index in [9.17, 15) is 14.0 Å². The van der Waals surface area contributed by atoms with Crippen molar-refractivity contribution in [2.75, 3.05) is 25.5 Å².